The van der Waals surface area contributed by atoms with E-state index in [9.17, 15) is 19.8 Å². The first-order valence-electron chi connectivity index (χ1n) is 11.2. The van der Waals surface area contributed by atoms with E-state index < -0.39 is 0 Å². The molecule has 2 N–H and O–H groups in total. The van der Waals surface area contributed by atoms with Crippen molar-refractivity contribution in [2.75, 3.05) is 0 Å². The molecule has 4 aromatic carbocycles. The van der Waals surface area contributed by atoms with E-state index in [4.69, 9.17) is 0 Å². The van der Waals surface area contributed by atoms with Crippen molar-refractivity contribution < 1.29 is 36.3 Å². The van der Waals surface area contributed by atoms with Crippen molar-refractivity contribution in [1.29, 1.82) is 0 Å². The summed E-state index contributed by atoms with van der Waals surface area (Å²) in [5, 5.41) is 31.2. The van der Waals surface area contributed by atoms with Crippen molar-refractivity contribution in [3.8, 4) is 11.5 Å². The van der Waals surface area contributed by atoms with E-state index in [-0.39, 0.29) is 39.8 Å². The first-order valence-corrected chi connectivity index (χ1v) is 14.4. The Morgan fingerprint density at radius 3 is 1.29 bits per heavy atom. The minimum Gasteiger partial charge on any atom is -0.871 e. The predicted molar refractivity (Wildman–Crippen MR) is 166 cm³/mol. The van der Waals surface area contributed by atoms with Crippen LogP contribution in [0.4, 0.5) is 0 Å². The van der Waals surface area contributed by atoms with E-state index in [1.54, 1.807) is 72.8 Å². The van der Waals surface area contributed by atoms with E-state index in [0.717, 1.165) is 8.95 Å². The number of hydrogen-bond acceptors (Lipinski definition) is 6. The van der Waals surface area contributed by atoms with Crippen LogP contribution >= 0.6 is 63.7 Å². The fourth-order valence-electron chi connectivity index (χ4n) is 2.98. The second-order valence-electron chi connectivity index (χ2n) is 7.74. The average molecular weight is 853 g/mol. The summed E-state index contributed by atoms with van der Waals surface area (Å²) in [4.78, 5) is 23.5. The van der Waals surface area contributed by atoms with Gasteiger partial charge in [-0.3, -0.25) is 9.59 Å². The number of halogens is 4. The van der Waals surface area contributed by atoms with Gasteiger partial charge in [0, 0.05) is 29.0 Å². The van der Waals surface area contributed by atoms with Crippen LogP contribution in [0.5, 0.6) is 11.5 Å². The second kappa shape index (κ2) is 17.2. The molecule has 0 aliphatic heterocycles. The molecule has 0 fully saturated rings. The largest absolute Gasteiger partial charge is 2.00 e. The van der Waals surface area contributed by atoms with Crippen molar-refractivity contribution in [2.45, 2.75) is 0 Å². The molecule has 0 unspecified atom stereocenters. The Bertz CT molecular complexity index is 1440. The van der Waals surface area contributed by atoms with Gasteiger partial charge >= 0.3 is 16.5 Å². The molecule has 0 radical (unpaired) electrons. The predicted octanol–water partition coefficient (Wildman–Crippen LogP) is 6.10. The zero-order chi connectivity index (χ0) is 29.1. The smallest absolute Gasteiger partial charge is 0.871 e. The Morgan fingerprint density at radius 2 is 0.951 bits per heavy atom. The van der Waals surface area contributed by atoms with Crippen molar-refractivity contribution >= 4 is 88.0 Å². The van der Waals surface area contributed by atoms with Gasteiger partial charge in [-0.2, -0.15) is 10.2 Å². The van der Waals surface area contributed by atoms with Gasteiger partial charge < -0.3 is 10.2 Å². The number of hydrogen-bond donors (Lipinski definition) is 2. The Hall–Kier alpha value is -2.83. The van der Waals surface area contributed by atoms with E-state index in [2.05, 4.69) is 84.8 Å². The van der Waals surface area contributed by atoms with Crippen molar-refractivity contribution in [2.24, 2.45) is 10.2 Å². The average Bonchev–Trinajstić information content (AvgIpc) is 2.95. The molecule has 0 atom stereocenters. The number of amides is 2. The third kappa shape index (κ3) is 10.8. The van der Waals surface area contributed by atoms with Crippen LogP contribution in [0.15, 0.2) is 113 Å². The van der Waals surface area contributed by atoms with Gasteiger partial charge in [-0.05, 0) is 59.7 Å². The zero-order valence-electron chi connectivity index (χ0n) is 20.6. The molecule has 0 aromatic heterocycles. The van der Waals surface area contributed by atoms with Crippen LogP contribution in [0.3, 0.4) is 0 Å². The van der Waals surface area contributed by atoms with Gasteiger partial charge in [-0.15, -0.1) is 0 Å². The topological polar surface area (TPSA) is 129 Å². The van der Waals surface area contributed by atoms with Crippen molar-refractivity contribution in [3.05, 3.63) is 125 Å². The molecule has 13 heteroatoms. The van der Waals surface area contributed by atoms with Crippen LogP contribution < -0.4 is 21.1 Å². The molecule has 0 heterocycles. The summed E-state index contributed by atoms with van der Waals surface area (Å²) in [6, 6.07) is 24.0. The molecular weight excluding hydrogens is 835 g/mol. The summed E-state index contributed by atoms with van der Waals surface area (Å²) in [5.74, 6) is -1.04. The monoisotopic (exact) mass is 848 g/mol. The molecule has 8 nitrogen and oxygen atoms in total. The molecule has 0 aliphatic carbocycles. The summed E-state index contributed by atoms with van der Waals surface area (Å²) in [5.41, 5.74) is 6.50. The molecule has 0 saturated heterocycles. The van der Waals surface area contributed by atoms with Crippen LogP contribution in [0.1, 0.15) is 31.8 Å². The van der Waals surface area contributed by atoms with Gasteiger partial charge in [-0.1, -0.05) is 112 Å². The number of nitrogens with one attached hydrogen (secondary N) is 2. The number of carbonyl (C=O) groups excluding carboxylic acids is 2. The first-order chi connectivity index (χ1) is 19.2. The molecule has 0 saturated carbocycles. The molecule has 4 aromatic rings. The summed E-state index contributed by atoms with van der Waals surface area (Å²) in [6.07, 6.45) is 2.64. The number of benzene rings is 4. The van der Waals surface area contributed by atoms with Crippen LogP contribution in [0.2, 0.25) is 0 Å². The summed E-state index contributed by atoms with van der Waals surface area (Å²) >= 11 is 12.9. The number of rotatable bonds is 6. The standard InChI is InChI=1S/2C14H10Br2N2O2.Ni/c2*15-11-6-10(13(19)12(16)7-11)8-17-18-14(20)9-4-2-1-3-5-9;/h2*1-8,19H,(H,18,20);/q;;+2/p-2/b2*17-8-;. The maximum atomic E-state index is 11.8. The first kappa shape index (κ1) is 34.4. The Balaban J connectivity index is 0.000000280. The van der Waals surface area contributed by atoms with Gasteiger partial charge in [-0.25, -0.2) is 10.9 Å². The van der Waals surface area contributed by atoms with Gasteiger partial charge in [0.05, 0.1) is 12.4 Å². The molecule has 0 bridgehead atoms. The van der Waals surface area contributed by atoms with Gasteiger partial charge in [0.15, 0.2) is 0 Å². The SMILES string of the molecule is O=C(N/N=C\c1cc(Br)cc(Br)c1[O-])c1ccccc1.O=C(N/N=C\c1cc(Br)cc(Br)c1[O-])c1ccccc1.[Ni+2]. The molecule has 0 aliphatic rings. The van der Waals surface area contributed by atoms with E-state index >= 15 is 0 Å². The minimum absolute atomic E-state index is 0. The molecular formula is C28H18Br4N4NiO4. The minimum atomic E-state index is -0.330. The van der Waals surface area contributed by atoms with Crippen LogP contribution in [0.25, 0.3) is 0 Å². The summed E-state index contributed by atoms with van der Waals surface area (Å²) in [7, 11) is 0. The van der Waals surface area contributed by atoms with Crippen LogP contribution in [0, 0.1) is 0 Å². The Kier molecular flexibility index (Phi) is 14.4. The molecule has 0 spiro atoms. The number of nitrogens with zero attached hydrogens (tertiary/aromatic N) is 2. The fraction of sp³-hybridized carbons (Fsp3) is 0. The fourth-order valence-corrected chi connectivity index (χ4v) is 5.50. The molecule has 212 valence electrons. The third-order valence-corrected chi connectivity index (χ3v) is 6.98. The van der Waals surface area contributed by atoms with Crippen LogP contribution in [-0.2, 0) is 16.5 Å². The molecule has 41 heavy (non-hydrogen) atoms. The molecule has 2 amide bonds. The van der Waals surface area contributed by atoms with Crippen LogP contribution in [-0.4, -0.2) is 24.2 Å². The quantitative estimate of drug-likeness (QED) is 0.138. The Labute approximate surface area is 279 Å². The van der Waals surface area contributed by atoms with Crippen molar-refractivity contribution in [3.63, 3.8) is 0 Å². The normalized spacial score (nSPS) is 10.4. The van der Waals surface area contributed by atoms with E-state index in [0.29, 0.717) is 31.2 Å². The second-order valence-corrected chi connectivity index (χ2v) is 11.3. The Morgan fingerprint density at radius 1 is 0.610 bits per heavy atom. The number of carbonyl (C=O) groups is 2. The van der Waals surface area contributed by atoms with E-state index in [1.807, 2.05) is 12.1 Å². The van der Waals surface area contributed by atoms with Gasteiger partial charge in [0.1, 0.15) is 0 Å². The molecule has 4 rings (SSSR count). The summed E-state index contributed by atoms with van der Waals surface area (Å²) in [6.45, 7) is 0. The maximum Gasteiger partial charge on any atom is 2.00 e. The van der Waals surface area contributed by atoms with Gasteiger partial charge in [0.25, 0.3) is 11.8 Å². The zero-order valence-corrected chi connectivity index (χ0v) is 27.9. The van der Waals surface area contributed by atoms with E-state index in [1.165, 1.54) is 12.4 Å². The van der Waals surface area contributed by atoms with Gasteiger partial charge in [0.2, 0.25) is 0 Å². The van der Waals surface area contributed by atoms with Crippen molar-refractivity contribution in [1.82, 2.24) is 10.9 Å². The number of hydrazone groups is 2. The maximum absolute atomic E-state index is 11.8. The summed E-state index contributed by atoms with van der Waals surface area (Å²) < 4.78 is 2.37. The third-order valence-electron chi connectivity index (χ3n) is 4.89.